The van der Waals surface area contributed by atoms with Crippen LogP contribution in [0, 0.1) is 13.8 Å². The molecule has 0 aliphatic carbocycles. The zero-order valence-electron chi connectivity index (χ0n) is 58.9. The van der Waals surface area contributed by atoms with Crippen LogP contribution >= 0.6 is 111 Å². The van der Waals surface area contributed by atoms with Gasteiger partial charge in [0.25, 0.3) is 11.1 Å². The number of H-pyrrole nitrogens is 1. The lowest BCUT2D eigenvalue weighted by Crippen LogP contribution is -2.41. The van der Waals surface area contributed by atoms with Gasteiger partial charge in [0.2, 0.25) is 11.4 Å². The molecular weight excluding hydrogens is 1680 g/mol. The summed E-state index contributed by atoms with van der Waals surface area (Å²) in [6.07, 6.45) is 11.5. The first-order valence-corrected chi connectivity index (χ1v) is 35.0. The van der Waals surface area contributed by atoms with Crippen molar-refractivity contribution >= 4 is 149 Å². The lowest BCUT2D eigenvalue weighted by Gasteiger charge is -2.32. The first kappa shape index (κ1) is 90.5. The minimum Gasteiger partial charge on any atom is -0.494 e. The summed E-state index contributed by atoms with van der Waals surface area (Å²) in [6, 6.07) is 23.5. The van der Waals surface area contributed by atoms with Crippen molar-refractivity contribution in [3.05, 3.63) is 210 Å². The van der Waals surface area contributed by atoms with Crippen molar-refractivity contribution in [2.24, 2.45) is 0 Å². The summed E-state index contributed by atoms with van der Waals surface area (Å²) in [5.41, 5.74) is 3.00. The highest BCUT2D eigenvalue weighted by Crippen LogP contribution is 2.37. The van der Waals surface area contributed by atoms with Crippen LogP contribution in [0.15, 0.2) is 162 Å². The van der Waals surface area contributed by atoms with E-state index in [0.29, 0.717) is 77.5 Å². The van der Waals surface area contributed by atoms with Gasteiger partial charge in [-0.25, -0.2) is 14.6 Å². The Morgan fingerprint density at radius 2 is 1.05 bits per heavy atom. The second kappa shape index (κ2) is 40.7. The van der Waals surface area contributed by atoms with E-state index in [0.717, 1.165) is 47.9 Å². The molecule has 1 aliphatic rings. The molecule has 0 bridgehead atoms. The molecule has 1 saturated heterocycles. The highest BCUT2D eigenvalue weighted by molar-refractivity contribution is 9.11. The molecule has 0 unspecified atom stereocenters. The molecule has 0 amide bonds. The zero-order valence-corrected chi connectivity index (χ0v) is 68.4. The van der Waals surface area contributed by atoms with Gasteiger partial charge in [-0.3, -0.25) is 23.5 Å². The number of pyridine rings is 4. The number of aryl methyl sites for hydroxylation is 2. The Balaban J connectivity index is 0.000000336. The summed E-state index contributed by atoms with van der Waals surface area (Å²) in [5, 5.41) is 27.3. The molecule has 9 aromatic rings. The van der Waals surface area contributed by atoms with Gasteiger partial charge in [0.05, 0.1) is 89.2 Å². The molecule has 10 rings (SSSR count). The Morgan fingerprint density at radius 1 is 0.602 bits per heavy atom. The molecular formula is C70H84B2Br4Cl4N8O15. The summed E-state index contributed by atoms with van der Waals surface area (Å²) in [6.45, 7) is 30.0. The van der Waals surface area contributed by atoms with Crippen LogP contribution in [-0.4, -0.2) is 124 Å². The van der Waals surface area contributed by atoms with Gasteiger partial charge in [-0.2, -0.15) is 19.6 Å². The van der Waals surface area contributed by atoms with Gasteiger partial charge in [0.15, 0.2) is 0 Å². The van der Waals surface area contributed by atoms with Crippen LogP contribution in [0.1, 0.15) is 109 Å². The molecule has 0 atom stereocenters. The third-order valence-electron chi connectivity index (χ3n) is 13.9. The van der Waals surface area contributed by atoms with Crippen molar-refractivity contribution in [1.82, 2.24) is 38.7 Å². The summed E-state index contributed by atoms with van der Waals surface area (Å²) in [5.74, 6) is 2.79. The van der Waals surface area contributed by atoms with Gasteiger partial charge in [-0.05, 0) is 217 Å². The predicted molar refractivity (Wildman–Crippen MR) is 424 cm³/mol. The van der Waals surface area contributed by atoms with Gasteiger partial charge in [0, 0.05) is 84.2 Å². The highest BCUT2D eigenvalue weighted by Gasteiger charge is 2.52. The van der Waals surface area contributed by atoms with Crippen molar-refractivity contribution in [1.29, 1.82) is 0 Å². The molecule has 7 heterocycles. The number of carbonyl (C=O) groups is 2. The molecule has 1 aliphatic heterocycles. The number of methoxy groups -OCH3 is 1. The van der Waals surface area contributed by atoms with Crippen LogP contribution in [0.5, 0.6) is 23.1 Å². The Morgan fingerprint density at radius 3 is 1.50 bits per heavy atom. The summed E-state index contributed by atoms with van der Waals surface area (Å²) in [7, 11) is -0.390. The predicted octanol–water partition coefficient (Wildman–Crippen LogP) is 16.0. The first-order valence-electron chi connectivity index (χ1n) is 31.1. The number of aromatic nitrogens is 8. The van der Waals surface area contributed by atoms with Crippen molar-refractivity contribution in [3.63, 3.8) is 0 Å². The van der Waals surface area contributed by atoms with E-state index in [9.17, 15) is 24.0 Å². The minimum absolute atomic E-state index is 0. The standard InChI is InChI=1S/C22H24ClN3O4.C14H23BN2O4.C14H13BrClNO2.C8H11BO3.C6H5BrClNO.C5H3BrClNO.CH4.BrH/c1-6-29-16-7-8-19(14(2)9-16)25-13-17(18(23)10-20(25)27)15-11-24-26(12-15)21(28)30-22(3,4)5;1-12(2,3)19-11(18)17-9-10(8-16-17)15-20-13(4,5)14(6,7)21-15;1-3-19-10-4-5-13(9(2)6-10)17-8-11(15)12(16)7-14(17)18;1-2-12-8-5-3-7(4-6-8)9(10)11;1-10-6-2-5(8)4(7)3-9-6;6-3-2-8-5(9)1-4(3)7;;/h7-13H,6H2,1-5H3;8-9H,1-7H3;4-8H,3H2,1-2H3;3-6,10-11H,2H2,1H3;2-3H,1H3;1-2H,(H,8,9);1H4;1H. The van der Waals surface area contributed by atoms with Crippen LogP contribution in [0.3, 0.4) is 0 Å². The zero-order chi connectivity index (χ0) is 75.5. The molecule has 6 aromatic heterocycles. The fourth-order valence-electron chi connectivity index (χ4n) is 8.45. The van der Waals surface area contributed by atoms with E-state index in [1.807, 2.05) is 119 Å². The number of ether oxygens (including phenoxy) is 6. The van der Waals surface area contributed by atoms with Crippen molar-refractivity contribution < 1.29 is 57.4 Å². The van der Waals surface area contributed by atoms with E-state index in [1.165, 1.54) is 41.4 Å². The SMILES string of the molecule is Br.C.CC(C)(C)OC(=O)n1cc(B2OC(C)(C)C(C)(C)O2)cn1.CCOc1ccc(-n2cc(-c3cnn(C(=O)OC(C)(C)C)c3)c(Cl)cc2=O)c(C)c1.CCOc1ccc(-n2cc(Br)c(Cl)cc2=O)c(C)c1.CCOc1ccc(B(O)O)cc1.COc1cc(Cl)c(Br)cn1.O=c1cc(Cl)c(Br)c[nH]1. The molecule has 3 aromatic carbocycles. The van der Waals surface area contributed by atoms with Gasteiger partial charge in [-0.1, -0.05) is 66.0 Å². The van der Waals surface area contributed by atoms with Crippen LogP contribution in [-0.2, 0) is 18.8 Å². The van der Waals surface area contributed by atoms with E-state index >= 15 is 0 Å². The van der Waals surface area contributed by atoms with Crippen molar-refractivity contribution in [3.8, 4) is 45.6 Å². The number of halogens is 8. The monoisotopic (exact) mass is 1750 g/mol. The number of hydrogen-bond acceptors (Lipinski definition) is 18. The van der Waals surface area contributed by atoms with Crippen molar-refractivity contribution in [2.45, 2.75) is 134 Å². The van der Waals surface area contributed by atoms with E-state index in [2.05, 4.69) is 68.0 Å². The Kier molecular flexibility index (Phi) is 35.7. The molecule has 1 fully saturated rings. The third-order valence-corrected chi connectivity index (χ3v) is 17.8. The third kappa shape index (κ3) is 27.6. The smallest absolute Gasteiger partial charge is 0.494 e. The van der Waals surface area contributed by atoms with Crippen LogP contribution in [0.2, 0.25) is 20.1 Å². The highest BCUT2D eigenvalue weighted by atomic mass is 79.9. The average Bonchev–Trinajstić information content (AvgIpc) is 1.66. The number of hydrogen-bond donors (Lipinski definition) is 3. The maximum Gasteiger partial charge on any atom is 0.498 e. The van der Waals surface area contributed by atoms with Crippen LogP contribution < -0.4 is 46.6 Å². The molecule has 103 heavy (non-hydrogen) atoms. The normalized spacial score (nSPS) is 12.3. The van der Waals surface area contributed by atoms with Gasteiger partial charge in [-0.15, -0.1) is 17.0 Å². The number of benzene rings is 3. The van der Waals surface area contributed by atoms with Gasteiger partial charge >= 0.3 is 26.4 Å². The Hall–Kier alpha value is -6.73. The second-order valence-electron chi connectivity index (χ2n) is 24.6. The number of rotatable bonds is 12. The Bertz CT molecular complexity index is 4450. The van der Waals surface area contributed by atoms with E-state index in [1.54, 1.807) is 93.8 Å². The minimum atomic E-state index is -1.40. The lowest BCUT2D eigenvalue weighted by molar-refractivity contribution is 0.00578. The number of nitrogens with zero attached hydrogens (tertiary/aromatic N) is 7. The molecule has 0 saturated carbocycles. The number of nitrogens with one attached hydrogen (secondary N) is 1. The molecule has 23 nitrogen and oxygen atoms in total. The van der Waals surface area contributed by atoms with Crippen LogP contribution in [0.4, 0.5) is 9.59 Å². The average molecular weight is 1760 g/mol. The molecule has 3 N–H and O–H groups in total. The lowest BCUT2D eigenvalue weighted by atomic mass is 9.80. The van der Waals surface area contributed by atoms with Gasteiger partial charge < -0.3 is 52.8 Å². The maximum absolute atomic E-state index is 12.6. The Labute approximate surface area is 655 Å². The van der Waals surface area contributed by atoms with E-state index in [4.69, 9.17) is 94.2 Å². The first-order chi connectivity index (χ1) is 47.2. The van der Waals surface area contributed by atoms with E-state index < -0.39 is 48.8 Å². The summed E-state index contributed by atoms with van der Waals surface area (Å²) >= 11 is 33.2. The van der Waals surface area contributed by atoms with Crippen molar-refractivity contribution in [2.75, 3.05) is 26.9 Å². The quantitative estimate of drug-likeness (QED) is 0.0959. The van der Waals surface area contributed by atoms with E-state index in [-0.39, 0.29) is 46.1 Å². The molecule has 556 valence electrons. The van der Waals surface area contributed by atoms with Gasteiger partial charge in [0.1, 0.15) is 28.5 Å². The largest absolute Gasteiger partial charge is 0.498 e. The molecule has 33 heteroatoms. The second-order valence-corrected chi connectivity index (χ2v) is 28.8. The summed E-state index contributed by atoms with van der Waals surface area (Å²) < 4.78 is 50.9. The number of aromatic amines is 1. The maximum atomic E-state index is 12.6. The number of carbonyl (C=O) groups excluding carboxylic acids is 2. The fourth-order valence-corrected chi connectivity index (χ4v) is 9.90. The fraction of sp³-hybridized carbons (Fsp3) is 0.343. The summed E-state index contributed by atoms with van der Waals surface area (Å²) in [4.78, 5) is 65.6. The van der Waals surface area contributed by atoms with Crippen LogP contribution in [0.25, 0.3) is 22.5 Å². The molecule has 0 radical (unpaired) electrons. The topological polar surface area (TPSA) is 274 Å². The molecule has 0 spiro atoms.